The molecular formula is C38H29FN2O3S. The lowest BCUT2D eigenvalue weighted by Gasteiger charge is -2.35. The minimum absolute atomic E-state index is 0.173. The number of hydrogen-bond donors (Lipinski definition) is 0. The highest BCUT2D eigenvalue weighted by Crippen LogP contribution is 2.53. The summed E-state index contributed by atoms with van der Waals surface area (Å²) in [5, 5.41) is 0.669. The van der Waals surface area contributed by atoms with E-state index in [1.165, 1.54) is 16.1 Å². The van der Waals surface area contributed by atoms with Crippen molar-refractivity contribution in [3.05, 3.63) is 154 Å². The van der Waals surface area contributed by atoms with Crippen molar-refractivity contribution in [2.75, 3.05) is 0 Å². The molecule has 0 aliphatic carbocycles. The van der Waals surface area contributed by atoms with Crippen molar-refractivity contribution in [3.8, 4) is 17.0 Å². The van der Waals surface area contributed by atoms with Gasteiger partial charge in [-0.2, -0.15) is 0 Å². The smallest absolute Gasteiger partial charge is 0.268 e. The Morgan fingerprint density at radius 2 is 1.44 bits per heavy atom. The summed E-state index contributed by atoms with van der Waals surface area (Å²) in [7, 11) is -4.12. The molecule has 9 rings (SSSR count). The maximum absolute atomic E-state index is 15.1. The maximum Gasteiger partial charge on any atom is 0.268 e. The van der Waals surface area contributed by atoms with Crippen LogP contribution in [0, 0.1) is 26.6 Å². The third kappa shape index (κ3) is 4.18. The Morgan fingerprint density at radius 3 is 2.16 bits per heavy atom. The van der Waals surface area contributed by atoms with Crippen LogP contribution in [0.1, 0.15) is 51.1 Å². The zero-order valence-electron chi connectivity index (χ0n) is 25.0. The first kappa shape index (κ1) is 27.5. The predicted octanol–water partition coefficient (Wildman–Crippen LogP) is 8.64. The van der Waals surface area contributed by atoms with Gasteiger partial charge in [0.2, 0.25) is 0 Å². The van der Waals surface area contributed by atoms with E-state index in [0.29, 0.717) is 44.7 Å². The molecular weight excluding hydrogens is 583 g/mol. The van der Waals surface area contributed by atoms with Crippen LogP contribution < -0.4 is 4.74 Å². The van der Waals surface area contributed by atoms with Crippen molar-refractivity contribution in [1.82, 2.24) is 3.97 Å². The first-order valence-electron chi connectivity index (χ1n) is 14.9. The first-order chi connectivity index (χ1) is 21.7. The van der Waals surface area contributed by atoms with E-state index in [1.807, 2.05) is 87.5 Å². The molecule has 0 unspecified atom stereocenters. The lowest BCUT2D eigenvalue weighted by molar-refractivity contribution is 0.267. The molecule has 0 fully saturated rings. The molecule has 2 bridgehead atoms. The summed E-state index contributed by atoms with van der Waals surface area (Å²) in [5.41, 5.74) is 8.29. The number of aryl methyl sites for hydroxylation is 3. The van der Waals surface area contributed by atoms with Crippen LogP contribution >= 0.6 is 0 Å². The van der Waals surface area contributed by atoms with Gasteiger partial charge in [0.05, 0.1) is 21.8 Å². The molecule has 0 saturated heterocycles. The van der Waals surface area contributed by atoms with Gasteiger partial charge < -0.3 is 4.74 Å². The van der Waals surface area contributed by atoms with Crippen molar-refractivity contribution in [1.29, 1.82) is 0 Å². The number of benzene rings is 5. The molecule has 0 saturated carbocycles. The minimum Gasteiger partial charge on any atom is -0.478 e. The summed E-state index contributed by atoms with van der Waals surface area (Å²) in [6, 6.07) is 32.3. The summed E-state index contributed by atoms with van der Waals surface area (Å²) >= 11 is 0. The van der Waals surface area contributed by atoms with Gasteiger partial charge in [-0.1, -0.05) is 90.0 Å². The van der Waals surface area contributed by atoms with Gasteiger partial charge in [-0.3, -0.25) is 4.99 Å². The van der Waals surface area contributed by atoms with Crippen LogP contribution in [0.15, 0.2) is 119 Å². The van der Waals surface area contributed by atoms with E-state index in [9.17, 15) is 8.42 Å². The Balaban J connectivity index is 1.56. The Labute approximate surface area is 261 Å². The normalized spacial score (nSPS) is 16.9. The molecule has 3 aliphatic heterocycles. The van der Waals surface area contributed by atoms with Gasteiger partial charge in [0.1, 0.15) is 17.6 Å². The van der Waals surface area contributed by atoms with Crippen molar-refractivity contribution in [3.63, 3.8) is 0 Å². The van der Waals surface area contributed by atoms with Gasteiger partial charge in [0.15, 0.2) is 6.10 Å². The van der Waals surface area contributed by atoms with Crippen molar-refractivity contribution >= 4 is 26.6 Å². The standard InChI is InChI=1S/C38H29FN2O3S/c1-22-9-14-26(15-10-22)36-33-32-31(41(36)45(42,43)28-17-11-23(2)12-18-28)20-13-24(3)37(32)44-38-29-19-16-27(39)21-30(29)35(33)40-34(38)25-7-5-4-6-8-25/h4-21,35,38H,1-3H3/t35-,38+/m0/s1. The molecule has 0 spiro atoms. The van der Waals surface area contributed by atoms with Crippen LogP contribution in [-0.4, -0.2) is 18.1 Å². The van der Waals surface area contributed by atoms with Crippen molar-refractivity contribution in [2.45, 2.75) is 37.8 Å². The third-order valence-electron chi connectivity index (χ3n) is 8.88. The summed E-state index contributed by atoms with van der Waals surface area (Å²) < 4.78 is 53.0. The monoisotopic (exact) mass is 612 g/mol. The largest absolute Gasteiger partial charge is 0.478 e. The van der Waals surface area contributed by atoms with E-state index in [1.54, 1.807) is 30.3 Å². The average molecular weight is 613 g/mol. The SMILES string of the molecule is Cc1ccc(-c2c3c4c(c(C)ccc4n2S(=O)(=O)c2ccc(C)cc2)O[C@H]2C(c4ccccc4)=N[C@H]3c3cc(F)ccc32)cc1. The molecule has 1 aromatic heterocycles. The fourth-order valence-corrected chi connectivity index (χ4v) is 8.20. The third-order valence-corrected chi connectivity index (χ3v) is 10.6. The van der Waals surface area contributed by atoms with Crippen LogP contribution in [0.25, 0.3) is 22.2 Å². The highest BCUT2D eigenvalue weighted by Gasteiger charge is 2.42. The number of halogens is 1. The van der Waals surface area contributed by atoms with E-state index >= 15 is 4.39 Å². The fourth-order valence-electron chi connectivity index (χ4n) is 6.66. The molecule has 3 aliphatic rings. The molecule has 0 radical (unpaired) electrons. The Bertz CT molecular complexity index is 2290. The van der Waals surface area contributed by atoms with Gasteiger partial charge in [-0.25, -0.2) is 16.8 Å². The number of aliphatic imine (C=N–C) groups is 1. The molecule has 7 heteroatoms. The summed E-state index contributed by atoms with van der Waals surface area (Å²) in [5.74, 6) is 0.211. The topological polar surface area (TPSA) is 60.7 Å². The van der Waals surface area contributed by atoms with Crippen LogP contribution in [-0.2, 0) is 10.0 Å². The van der Waals surface area contributed by atoms with Gasteiger partial charge in [0.25, 0.3) is 10.0 Å². The van der Waals surface area contributed by atoms with E-state index in [2.05, 4.69) is 0 Å². The number of hydrogen-bond acceptors (Lipinski definition) is 4. The molecule has 0 N–H and O–H groups in total. The van der Waals surface area contributed by atoms with Crippen LogP contribution in [0.2, 0.25) is 0 Å². The zero-order chi connectivity index (χ0) is 31.0. The highest BCUT2D eigenvalue weighted by atomic mass is 32.2. The Morgan fingerprint density at radius 1 is 0.756 bits per heavy atom. The maximum atomic E-state index is 15.1. The zero-order valence-corrected chi connectivity index (χ0v) is 25.8. The van der Waals surface area contributed by atoms with Crippen LogP contribution in [0.4, 0.5) is 4.39 Å². The van der Waals surface area contributed by atoms with Gasteiger partial charge >= 0.3 is 0 Å². The second-order valence-electron chi connectivity index (χ2n) is 11.9. The first-order valence-corrected chi connectivity index (χ1v) is 16.3. The predicted molar refractivity (Wildman–Crippen MR) is 175 cm³/mol. The van der Waals surface area contributed by atoms with Crippen molar-refractivity contribution < 1.29 is 17.5 Å². The lowest BCUT2D eigenvalue weighted by Crippen LogP contribution is -2.29. The molecule has 222 valence electrons. The highest BCUT2D eigenvalue weighted by molar-refractivity contribution is 7.90. The molecule has 5 nitrogen and oxygen atoms in total. The second kappa shape index (κ2) is 10.0. The van der Waals surface area contributed by atoms with Crippen LogP contribution in [0.3, 0.4) is 0 Å². The van der Waals surface area contributed by atoms with Gasteiger partial charge in [-0.05, 0) is 73.4 Å². The number of nitrogens with zero attached hydrogens (tertiary/aromatic N) is 2. The fraction of sp³-hybridized carbons (Fsp3) is 0.132. The van der Waals surface area contributed by atoms with E-state index in [-0.39, 0.29) is 10.7 Å². The molecule has 2 atom stereocenters. The van der Waals surface area contributed by atoms with Gasteiger partial charge in [-0.15, -0.1) is 0 Å². The van der Waals surface area contributed by atoms with Gasteiger partial charge in [0, 0.05) is 16.5 Å². The van der Waals surface area contributed by atoms with E-state index in [0.717, 1.165) is 27.8 Å². The van der Waals surface area contributed by atoms with E-state index in [4.69, 9.17) is 9.73 Å². The Hall–Kier alpha value is -5.01. The molecule has 6 aromatic rings. The van der Waals surface area contributed by atoms with Crippen LogP contribution in [0.5, 0.6) is 5.75 Å². The minimum atomic E-state index is -4.12. The quantitative estimate of drug-likeness (QED) is 0.200. The Kier molecular flexibility index (Phi) is 6.12. The lowest BCUT2D eigenvalue weighted by atomic mass is 9.82. The number of rotatable bonds is 4. The summed E-state index contributed by atoms with van der Waals surface area (Å²) in [6.45, 7) is 5.89. The number of aromatic nitrogens is 1. The molecule has 5 aromatic carbocycles. The number of ether oxygens (including phenoxy) is 1. The van der Waals surface area contributed by atoms with Crippen molar-refractivity contribution in [2.24, 2.45) is 4.99 Å². The molecule has 45 heavy (non-hydrogen) atoms. The van der Waals surface area contributed by atoms with E-state index < -0.39 is 22.2 Å². The average Bonchev–Trinajstić information content (AvgIpc) is 3.37. The summed E-state index contributed by atoms with van der Waals surface area (Å²) in [6.07, 6.45) is -0.614. The molecule has 4 heterocycles. The second-order valence-corrected chi connectivity index (χ2v) is 13.7. The molecule has 0 amide bonds. The summed E-state index contributed by atoms with van der Waals surface area (Å²) in [4.78, 5) is 5.48.